The number of piperidine rings is 1. The van der Waals surface area contributed by atoms with Crippen LogP contribution in [0.5, 0.6) is 0 Å². The number of fused-ring (bicyclic) bond motifs is 1. The third-order valence-electron chi connectivity index (χ3n) is 3.31. The van der Waals surface area contributed by atoms with Gasteiger partial charge in [-0.25, -0.2) is 0 Å². The van der Waals surface area contributed by atoms with E-state index in [2.05, 4.69) is 15.1 Å². The standard InChI is InChI=1S/C12H16N4O/c1-12(17)6-3-7-15(8-12)11-5-2-4-10-14-13-9-16(10)11/h2,4-5,9,17H,3,6-8H2,1H3. The number of aromatic nitrogens is 3. The largest absolute Gasteiger partial charge is 0.388 e. The lowest BCUT2D eigenvalue weighted by atomic mass is 9.95. The Hall–Kier alpha value is -1.62. The molecule has 0 radical (unpaired) electrons. The van der Waals surface area contributed by atoms with Crippen molar-refractivity contribution in [1.82, 2.24) is 14.6 Å². The second-order valence-corrected chi connectivity index (χ2v) is 4.97. The Kier molecular flexibility index (Phi) is 2.29. The average molecular weight is 232 g/mol. The number of aliphatic hydroxyl groups is 1. The van der Waals surface area contributed by atoms with Crippen LogP contribution in [0.4, 0.5) is 5.82 Å². The van der Waals surface area contributed by atoms with Gasteiger partial charge in [-0.1, -0.05) is 6.07 Å². The number of pyridine rings is 1. The lowest BCUT2D eigenvalue weighted by molar-refractivity contribution is 0.0446. The molecule has 1 atom stereocenters. The van der Waals surface area contributed by atoms with Gasteiger partial charge in [0.25, 0.3) is 0 Å². The maximum absolute atomic E-state index is 10.1. The second-order valence-electron chi connectivity index (χ2n) is 4.97. The summed E-state index contributed by atoms with van der Waals surface area (Å²) in [6.45, 7) is 3.52. The molecule has 5 nitrogen and oxygen atoms in total. The molecular weight excluding hydrogens is 216 g/mol. The molecule has 1 fully saturated rings. The predicted octanol–water partition coefficient (Wildman–Crippen LogP) is 1.08. The van der Waals surface area contributed by atoms with E-state index in [1.165, 1.54) is 0 Å². The fourth-order valence-electron chi connectivity index (χ4n) is 2.51. The van der Waals surface area contributed by atoms with Crippen molar-refractivity contribution in [3.05, 3.63) is 24.5 Å². The van der Waals surface area contributed by atoms with Crippen molar-refractivity contribution in [3.63, 3.8) is 0 Å². The summed E-state index contributed by atoms with van der Waals surface area (Å²) in [4.78, 5) is 2.19. The van der Waals surface area contributed by atoms with Crippen molar-refractivity contribution in [2.24, 2.45) is 0 Å². The molecule has 0 bridgehead atoms. The maximum atomic E-state index is 10.1. The number of hydrogen-bond acceptors (Lipinski definition) is 4. The number of hydrogen-bond donors (Lipinski definition) is 1. The van der Waals surface area contributed by atoms with Gasteiger partial charge in [-0.15, -0.1) is 10.2 Å². The van der Waals surface area contributed by atoms with Crippen molar-refractivity contribution in [2.45, 2.75) is 25.4 Å². The van der Waals surface area contributed by atoms with Gasteiger partial charge in [0.1, 0.15) is 12.1 Å². The van der Waals surface area contributed by atoms with Crippen LogP contribution in [0.2, 0.25) is 0 Å². The van der Waals surface area contributed by atoms with Gasteiger partial charge < -0.3 is 10.0 Å². The highest BCUT2D eigenvalue weighted by Crippen LogP contribution is 2.25. The molecular formula is C12H16N4O. The van der Waals surface area contributed by atoms with Crippen LogP contribution in [0.3, 0.4) is 0 Å². The van der Waals surface area contributed by atoms with E-state index in [4.69, 9.17) is 0 Å². The molecule has 1 N–H and O–H groups in total. The van der Waals surface area contributed by atoms with Crippen molar-refractivity contribution >= 4 is 11.5 Å². The van der Waals surface area contributed by atoms with Gasteiger partial charge >= 0.3 is 0 Å². The summed E-state index contributed by atoms with van der Waals surface area (Å²) < 4.78 is 1.96. The molecule has 1 saturated heterocycles. The van der Waals surface area contributed by atoms with Gasteiger partial charge in [-0.2, -0.15) is 0 Å². The molecule has 0 aliphatic carbocycles. The maximum Gasteiger partial charge on any atom is 0.162 e. The molecule has 5 heteroatoms. The fraction of sp³-hybridized carbons (Fsp3) is 0.500. The van der Waals surface area contributed by atoms with Gasteiger partial charge in [0, 0.05) is 13.1 Å². The van der Waals surface area contributed by atoms with Crippen LogP contribution in [0.15, 0.2) is 24.5 Å². The third kappa shape index (κ3) is 1.86. The first-order valence-electron chi connectivity index (χ1n) is 5.92. The Bertz CT molecular complexity index is 534. The predicted molar refractivity (Wildman–Crippen MR) is 65.1 cm³/mol. The van der Waals surface area contributed by atoms with Crippen LogP contribution in [-0.4, -0.2) is 38.4 Å². The molecule has 90 valence electrons. The van der Waals surface area contributed by atoms with Crippen molar-refractivity contribution in [3.8, 4) is 0 Å². The molecule has 0 aromatic carbocycles. The first-order chi connectivity index (χ1) is 8.16. The Morgan fingerprint density at radius 1 is 1.41 bits per heavy atom. The molecule has 2 aromatic heterocycles. The monoisotopic (exact) mass is 232 g/mol. The molecule has 0 spiro atoms. The first kappa shape index (κ1) is 10.5. The minimum atomic E-state index is -0.603. The van der Waals surface area contributed by atoms with E-state index >= 15 is 0 Å². The summed E-state index contributed by atoms with van der Waals surface area (Å²) in [6.07, 6.45) is 3.58. The Morgan fingerprint density at radius 3 is 3.12 bits per heavy atom. The summed E-state index contributed by atoms with van der Waals surface area (Å²) >= 11 is 0. The molecule has 0 amide bonds. The average Bonchev–Trinajstić information content (AvgIpc) is 2.75. The number of β-amino-alcohol motifs (C(OH)–C–C–N with tert-alkyl or cyclic N) is 1. The minimum absolute atomic E-state index is 0.603. The first-order valence-corrected chi connectivity index (χ1v) is 5.92. The number of nitrogens with zero attached hydrogens (tertiary/aromatic N) is 4. The fourth-order valence-corrected chi connectivity index (χ4v) is 2.51. The highest BCUT2D eigenvalue weighted by Gasteiger charge is 2.29. The molecule has 1 aliphatic heterocycles. The number of rotatable bonds is 1. The normalized spacial score (nSPS) is 25.4. The van der Waals surface area contributed by atoms with Crippen LogP contribution in [0.25, 0.3) is 5.65 Å². The van der Waals surface area contributed by atoms with Gasteiger partial charge in [0.2, 0.25) is 0 Å². The molecule has 3 rings (SSSR count). The summed E-state index contributed by atoms with van der Waals surface area (Å²) in [6, 6.07) is 5.94. The zero-order valence-electron chi connectivity index (χ0n) is 9.87. The highest BCUT2D eigenvalue weighted by molar-refractivity contribution is 5.51. The summed E-state index contributed by atoms with van der Waals surface area (Å²) in [7, 11) is 0. The highest BCUT2D eigenvalue weighted by atomic mass is 16.3. The molecule has 1 aliphatic rings. The molecule has 3 heterocycles. The van der Waals surface area contributed by atoms with Gasteiger partial charge in [0.05, 0.1) is 5.60 Å². The minimum Gasteiger partial charge on any atom is -0.388 e. The Balaban J connectivity index is 2.00. The lowest BCUT2D eigenvalue weighted by Gasteiger charge is -2.38. The third-order valence-corrected chi connectivity index (χ3v) is 3.31. The van der Waals surface area contributed by atoms with Crippen LogP contribution in [-0.2, 0) is 0 Å². The molecule has 0 saturated carbocycles. The van der Waals surface area contributed by atoms with E-state index in [9.17, 15) is 5.11 Å². The molecule has 1 unspecified atom stereocenters. The van der Waals surface area contributed by atoms with Gasteiger partial charge in [-0.05, 0) is 31.9 Å². The van der Waals surface area contributed by atoms with Crippen LogP contribution < -0.4 is 4.90 Å². The lowest BCUT2D eigenvalue weighted by Crippen LogP contribution is -2.46. The van der Waals surface area contributed by atoms with E-state index in [1.807, 2.05) is 29.5 Å². The van der Waals surface area contributed by atoms with E-state index in [0.717, 1.165) is 30.9 Å². The zero-order valence-corrected chi connectivity index (χ0v) is 9.87. The summed E-state index contributed by atoms with van der Waals surface area (Å²) in [5.41, 5.74) is 0.238. The smallest absolute Gasteiger partial charge is 0.162 e. The number of anilines is 1. The van der Waals surface area contributed by atoms with E-state index in [-0.39, 0.29) is 0 Å². The Labute approximate surface area is 99.7 Å². The van der Waals surface area contributed by atoms with Crippen LogP contribution in [0, 0.1) is 0 Å². The van der Waals surface area contributed by atoms with Crippen molar-refractivity contribution in [1.29, 1.82) is 0 Å². The van der Waals surface area contributed by atoms with E-state index in [0.29, 0.717) is 6.54 Å². The quantitative estimate of drug-likeness (QED) is 0.799. The Morgan fingerprint density at radius 2 is 2.29 bits per heavy atom. The van der Waals surface area contributed by atoms with E-state index < -0.39 is 5.60 Å². The molecule has 2 aromatic rings. The topological polar surface area (TPSA) is 53.7 Å². The van der Waals surface area contributed by atoms with Gasteiger partial charge in [-0.3, -0.25) is 4.40 Å². The van der Waals surface area contributed by atoms with Crippen molar-refractivity contribution in [2.75, 3.05) is 18.0 Å². The van der Waals surface area contributed by atoms with Crippen LogP contribution >= 0.6 is 0 Å². The SMILES string of the molecule is CC1(O)CCCN(c2cccc3nncn23)C1. The summed E-state index contributed by atoms with van der Waals surface area (Å²) in [5, 5.41) is 18.1. The zero-order chi connectivity index (χ0) is 11.9. The summed E-state index contributed by atoms with van der Waals surface area (Å²) in [5.74, 6) is 1.05. The molecule has 17 heavy (non-hydrogen) atoms. The van der Waals surface area contributed by atoms with Crippen molar-refractivity contribution < 1.29 is 5.11 Å². The second kappa shape index (κ2) is 3.70. The van der Waals surface area contributed by atoms with Crippen LogP contribution in [0.1, 0.15) is 19.8 Å². The van der Waals surface area contributed by atoms with Gasteiger partial charge in [0.15, 0.2) is 5.65 Å². The van der Waals surface area contributed by atoms with E-state index in [1.54, 1.807) is 6.33 Å².